The molecular weight excluding hydrogens is 898 g/mol. The smallest absolute Gasteiger partial charge is 0.220 e. The van der Waals surface area contributed by atoms with Gasteiger partial charge in [-0.1, -0.05) is 58.3 Å². The Kier molecular flexibility index (Phi) is 53.9. The van der Waals surface area contributed by atoms with Crippen molar-refractivity contribution in [3.05, 3.63) is 0 Å². The Hall–Kier alpha value is -4.15. The molecule has 0 saturated heterocycles. The number of nitrogens with one attached hydrogen (secondary N) is 5. The first-order valence-electron chi connectivity index (χ1n) is 23.9. The first-order chi connectivity index (χ1) is 33.0. The van der Waals surface area contributed by atoms with Gasteiger partial charge in [0.25, 0.3) is 0 Å². The van der Waals surface area contributed by atoms with E-state index in [9.17, 15) is 24.0 Å². The van der Waals surface area contributed by atoms with Crippen LogP contribution in [-0.2, 0) is 61.7 Å². The van der Waals surface area contributed by atoms with Gasteiger partial charge in [-0.15, -0.1) is 19.3 Å². The van der Waals surface area contributed by atoms with Gasteiger partial charge in [-0.3, -0.25) is 28.5 Å². The van der Waals surface area contributed by atoms with Gasteiger partial charge >= 0.3 is 0 Å². The highest BCUT2D eigenvalue weighted by Gasteiger charge is 2.33. The van der Waals surface area contributed by atoms with Gasteiger partial charge < -0.3 is 59.7 Å². The maximum atomic E-state index is 13.6. The Balaban J connectivity index is -0.00000809. The molecule has 0 aromatic carbocycles. The van der Waals surface area contributed by atoms with E-state index in [0.29, 0.717) is 52.1 Å². The van der Waals surface area contributed by atoms with Crippen molar-refractivity contribution in [2.75, 3.05) is 125 Å². The van der Waals surface area contributed by atoms with Crippen molar-refractivity contribution in [3.63, 3.8) is 0 Å². The summed E-state index contributed by atoms with van der Waals surface area (Å²) in [5.74, 6) is 6.26. The minimum Gasteiger partial charge on any atom is -0.381 e. The summed E-state index contributed by atoms with van der Waals surface area (Å²) >= 11 is 0. The monoisotopic (exact) mass is 984 g/mol. The predicted octanol–water partition coefficient (Wildman–Crippen LogP) is 3.98. The first kappa shape index (κ1) is 68.1. The van der Waals surface area contributed by atoms with Gasteiger partial charge in [0.15, 0.2) is 8.46 Å². The number of ether oxygens (including phenoxy) is 7. The van der Waals surface area contributed by atoms with Crippen LogP contribution in [0.1, 0.15) is 111 Å². The highest BCUT2D eigenvalue weighted by Crippen LogP contribution is 2.26. The lowest BCUT2D eigenvalue weighted by atomic mass is 9.82. The van der Waals surface area contributed by atoms with E-state index in [0.717, 1.165) is 38.9 Å². The van der Waals surface area contributed by atoms with Crippen LogP contribution < -0.4 is 26.6 Å². The minimum absolute atomic E-state index is 0.00660. The molecule has 68 heavy (non-hydrogen) atoms. The molecule has 0 aliphatic heterocycles. The van der Waals surface area contributed by atoms with Crippen molar-refractivity contribution >= 4 is 38.0 Å². The molecule has 19 heteroatoms. The van der Waals surface area contributed by atoms with Gasteiger partial charge in [-0.2, -0.15) is 0 Å². The normalized spacial score (nSPS) is 10.6. The molecule has 0 atom stereocenters. The van der Waals surface area contributed by atoms with Crippen LogP contribution in [0.25, 0.3) is 0 Å². The van der Waals surface area contributed by atoms with E-state index in [4.69, 9.17) is 57.0 Å². The molecule has 0 aromatic heterocycles. The molecule has 0 spiro atoms. The molecule has 0 bridgehead atoms. The van der Waals surface area contributed by atoms with E-state index >= 15 is 0 Å². The minimum atomic E-state index is -1.12. The van der Waals surface area contributed by atoms with E-state index in [1.807, 2.05) is 13.8 Å². The molecule has 0 heterocycles. The van der Waals surface area contributed by atoms with Crippen molar-refractivity contribution in [2.24, 2.45) is 5.92 Å². The van der Waals surface area contributed by atoms with Crippen LogP contribution in [-0.4, -0.2) is 160 Å². The number of rotatable bonds is 44. The van der Waals surface area contributed by atoms with Crippen LogP contribution in [0.5, 0.6) is 0 Å². The topological polar surface area (TPSA) is 227 Å². The third kappa shape index (κ3) is 51.2. The highest BCUT2D eigenvalue weighted by molar-refractivity contribution is 7.22. The van der Waals surface area contributed by atoms with E-state index in [1.165, 1.54) is 0 Å². The molecule has 390 valence electrons. The fraction of sp³-hybridized carbons (Fsp3) is 0.776. The number of carbonyl (C=O) groups is 5. The Bertz CT molecular complexity index is 1290. The maximum Gasteiger partial charge on any atom is 0.220 e. The lowest BCUT2D eigenvalue weighted by Gasteiger charge is -2.35. The fourth-order valence-electron chi connectivity index (χ4n) is 5.81. The molecule has 18 nitrogen and oxygen atoms in total. The molecule has 0 aliphatic carbocycles. The molecule has 0 radical (unpaired) electrons. The maximum absolute atomic E-state index is 13.6. The predicted molar refractivity (Wildman–Crippen MR) is 265 cm³/mol. The summed E-state index contributed by atoms with van der Waals surface area (Å²) in [5, 5.41) is 14.5. The average molecular weight is 984 g/mol. The number of hydrogen-bond acceptors (Lipinski definition) is 13. The van der Waals surface area contributed by atoms with E-state index in [-0.39, 0.29) is 155 Å². The summed E-state index contributed by atoms with van der Waals surface area (Å²) in [4.78, 5) is 65.3. The van der Waals surface area contributed by atoms with Crippen LogP contribution in [0, 0.1) is 42.9 Å². The summed E-state index contributed by atoms with van der Waals surface area (Å²) in [7, 11) is 0.167. The zero-order valence-corrected chi connectivity index (χ0v) is 42.9. The third-order valence-electron chi connectivity index (χ3n) is 9.07. The summed E-state index contributed by atoms with van der Waals surface area (Å²) in [6.07, 6.45) is 20.2. The molecule has 5 N–H and O–H groups in total. The summed E-state index contributed by atoms with van der Waals surface area (Å²) in [6, 6.07) is 0. The van der Waals surface area contributed by atoms with Crippen molar-refractivity contribution in [1.29, 1.82) is 0 Å². The van der Waals surface area contributed by atoms with Gasteiger partial charge in [0.1, 0.15) is 19.8 Å². The van der Waals surface area contributed by atoms with E-state index < -0.39 is 5.54 Å². The van der Waals surface area contributed by atoms with Crippen LogP contribution in [0.4, 0.5) is 0 Å². The standard InChI is InChI=1S/C46H77N5O12.C2H6.CH3OP/c1-6-26-57-33-36-60-30-23-48-42(53)16-19-46(20-17-43(54)49-24-31-61-37-34-58-27-7-2,21-18-44(55)50-25-32-62-38-35-59-28-8-3)51-45(56)15-13-14-41(52)47-22-11-9-10-12-29-63-39-40(4)5;1-2;1-3-2/h1-3,40H,9-39H2,4-5H3,(H,47,52)(H,48,53)(H,49,54)(H,50,55)(H,51,56);1-2H3;1H3. The van der Waals surface area contributed by atoms with Crippen LogP contribution in [0.15, 0.2) is 0 Å². The van der Waals surface area contributed by atoms with Gasteiger partial charge in [-0.05, 0) is 44.4 Å². The van der Waals surface area contributed by atoms with Crippen molar-refractivity contribution in [1.82, 2.24) is 26.6 Å². The first-order valence-corrected chi connectivity index (χ1v) is 25.2. The Morgan fingerprint density at radius 2 is 0.824 bits per heavy atom. The van der Waals surface area contributed by atoms with Crippen LogP contribution in [0.2, 0.25) is 0 Å². The largest absolute Gasteiger partial charge is 0.381 e. The summed E-state index contributed by atoms with van der Waals surface area (Å²) in [6.45, 7) is 15.8. The number of carbonyl (C=O) groups excluding carboxylic acids is 5. The second-order valence-electron chi connectivity index (χ2n) is 15.3. The zero-order valence-electron chi connectivity index (χ0n) is 42.0. The van der Waals surface area contributed by atoms with Crippen LogP contribution in [0.3, 0.4) is 0 Å². The molecule has 0 fully saturated rings. The van der Waals surface area contributed by atoms with Gasteiger partial charge in [0, 0.05) is 83.7 Å². The number of unbranched alkanes of at least 4 members (excludes halogenated alkanes) is 3. The average Bonchev–Trinajstić information content (AvgIpc) is 3.32. The SMILES string of the molecule is C#CCOCCOCCNC(=O)CCC(CCC(=O)NCCOCCOCC#C)(CCC(=O)NCCOCCOCC#C)NC(=O)CCCC(=O)NCCCCCCOCC(C)C.CC.CP=O. The molecule has 0 rings (SSSR count). The third-order valence-corrected chi connectivity index (χ3v) is 9.07. The molecule has 0 unspecified atom stereocenters. The summed E-state index contributed by atoms with van der Waals surface area (Å²) in [5.41, 5.74) is -1.12. The van der Waals surface area contributed by atoms with Crippen molar-refractivity contribution in [3.8, 4) is 37.0 Å². The quantitative estimate of drug-likeness (QED) is 0.0331. The van der Waals surface area contributed by atoms with Crippen molar-refractivity contribution in [2.45, 2.75) is 117 Å². The lowest BCUT2D eigenvalue weighted by molar-refractivity contribution is -0.128. The lowest BCUT2D eigenvalue weighted by Crippen LogP contribution is -2.50. The second-order valence-corrected chi connectivity index (χ2v) is 15.6. The molecule has 0 aromatic rings. The Labute approximate surface area is 410 Å². The van der Waals surface area contributed by atoms with Gasteiger partial charge in [0.2, 0.25) is 29.5 Å². The summed E-state index contributed by atoms with van der Waals surface area (Å²) < 4.78 is 46.5. The Morgan fingerprint density at radius 3 is 1.22 bits per heavy atom. The van der Waals surface area contributed by atoms with Crippen LogP contribution >= 0.6 is 8.46 Å². The number of hydrogen-bond donors (Lipinski definition) is 5. The zero-order chi connectivity index (χ0) is 51.2. The van der Waals surface area contributed by atoms with E-state index in [2.05, 4.69) is 58.2 Å². The molecule has 0 saturated carbocycles. The van der Waals surface area contributed by atoms with Gasteiger partial charge in [-0.25, -0.2) is 0 Å². The second kappa shape index (κ2) is 53.8. The van der Waals surface area contributed by atoms with E-state index in [1.54, 1.807) is 6.66 Å². The molecule has 0 aliphatic rings. The van der Waals surface area contributed by atoms with Gasteiger partial charge in [0.05, 0.1) is 59.5 Å². The fourth-order valence-corrected chi connectivity index (χ4v) is 5.81. The highest BCUT2D eigenvalue weighted by atomic mass is 31.1. The molecule has 5 amide bonds. The van der Waals surface area contributed by atoms with Crippen molar-refractivity contribution < 1.29 is 61.7 Å². The number of amides is 5. The molecular formula is C49H86N5O13P. The Morgan fingerprint density at radius 1 is 0.471 bits per heavy atom. The number of terminal acetylenes is 3.